The van der Waals surface area contributed by atoms with Crippen LogP contribution in [0.25, 0.3) is 0 Å². The first kappa shape index (κ1) is 18.6. The predicted octanol–water partition coefficient (Wildman–Crippen LogP) is 2.99. The molecule has 1 amide bonds. The van der Waals surface area contributed by atoms with E-state index in [4.69, 9.17) is 0 Å². The third-order valence-corrected chi connectivity index (χ3v) is 4.89. The molecule has 128 valence electrons. The molecule has 0 aliphatic carbocycles. The van der Waals surface area contributed by atoms with Crippen molar-refractivity contribution in [2.75, 3.05) is 18.1 Å². The molecule has 0 fully saturated rings. The van der Waals surface area contributed by atoms with Crippen LogP contribution in [0.15, 0.2) is 53.0 Å². The Hall–Kier alpha value is -1.77. The molecule has 0 aliphatic heterocycles. The fourth-order valence-corrected chi connectivity index (χ4v) is 3.16. The summed E-state index contributed by atoms with van der Waals surface area (Å²) in [7, 11) is -3.68. The highest BCUT2D eigenvalue weighted by molar-refractivity contribution is 9.10. The molecule has 2 aromatic rings. The minimum absolute atomic E-state index is 0.207. The van der Waals surface area contributed by atoms with Crippen molar-refractivity contribution in [1.82, 2.24) is 4.31 Å². The minimum atomic E-state index is -3.68. The number of hydrogen-bond donors (Lipinski definition) is 1. The average molecular weight is 415 g/mol. The van der Waals surface area contributed by atoms with E-state index in [1.807, 2.05) is 0 Å². The number of carbonyl (C=O) groups excluding carboxylic acids is 1. The van der Waals surface area contributed by atoms with E-state index in [9.17, 15) is 17.6 Å². The van der Waals surface area contributed by atoms with Crippen LogP contribution >= 0.6 is 15.9 Å². The van der Waals surface area contributed by atoms with Crippen LogP contribution in [-0.2, 0) is 21.4 Å². The summed E-state index contributed by atoms with van der Waals surface area (Å²) in [6.07, 6.45) is 0.986. The average Bonchev–Trinajstić information content (AvgIpc) is 2.47. The van der Waals surface area contributed by atoms with Crippen molar-refractivity contribution >= 4 is 37.5 Å². The molecule has 0 aromatic heterocycles. The summed E-state index contributed by atoms with van der Waals surface area (Å²) in [5, 5.41) is 2.62. The number of halogens is 2. The molecule has 0 unspecified atom stereocenters. The van der Waals surface area contributed by atoms with Crippen molar-refractivity contribution in [2.45, 2.75) is 6.54 Å². The minimum Gasteiger partial charge on any atom is -0.325 e. The highest BCUT2D eigenvalue weighted by Crippen LogP contribution is 2.16. The van der Waals surface area contributed by atoms with Crippen LogP contribution in [0.4, 0.5) is 10.1 Å². The van der Waals surface area contributed by atoms with Gasteiger partial charge in [-0.15, -0.1) is 0 Å². The topological polar surface area (TPSA) is 66.5 Å². The first-order valence-electron chi connectivity index (χ1n) is 6.99. The van der Waals surface area contributed by atoms with E-state index in [0.29, 0.717) is 5.69 Å². The molecule has 0 radical (unpaired) electrons. The summed E-state index contributed by atoms with van der Waals surface area (Å²) >= 11 is 3.29. The zero-order valence-corrected chi connectivity index (χ0v) is 15.3. The Bertz CT molecular complexity index is 843. The molecule has 24 heavy (non-hydrogen) atoms. The van der Waals surface area contributed by atoms with E-state index < -0.39 is 28.3 Å². The van der Waals surface area contributed by atoms with Crippen molar-refractivity contribution in [3.8, 4) is 0 Å². The largest absolute Gasteiger partial charge is 0.325 e. The number of benzene rings is 2. The van der Waals surface area contributed by atoms with Gasteiger partial charge in [-0.25, -0.2) is 12.8 Å². The van der Waals surface area contributed by atoms with Crippen LogP contribution in [0.2, 0.25) is 0 Å². The third-order valence-electron chi connectivity index (χ3n) is 3.20. The van der Waals surface area contributed by atoms with Gasteiger partial charge in [0, 0.05) is 22.3 Å². The van der Waals surface area contributed by atoms with Gasteiger partial charge in [0.2, 0.25) is 15.9 Å². The standard InChI is InChI=1S/C16H16BrFN2O3S/c1-24(22,23)20(10-12-5-2-3-8-15(12)18)11-16(21)19-14-7-4-6-13(17)9-14/h2-9H,10-11H2,1H3,(H,19,21). The summed E-state index contributed by atoms with van der Waals surface area (Å²) < 4.78 is 39.3. The fraction of sp³-hybridized carbons (Fsp3) is 0.188. The van der Waals surface area contributed by atoms with E-state index in [1.165, 1.54) is 18.2 Å². The molecular weight excluding hydrogens is 399 g/mol. The summed E-state index contributed by atoms with van der Waals surface area (Å²) in [6, 6.07) is 12.8. The van der Waals surface area contributed by atoms with Gasteiger partial charge < -0.3 is 5.32 Å². The molecule has 8 heteroatoms. The summed E-state index contributed by atoms with van der Waals surface area (Å²) in [5.74, 6) is -1.02. The number of hydrogen-bond acceptors (Lipinski definition) is 3. The van der Waals surface area contributed by atoms with Crippen molar-refractivity contribution in [3.63, 3.8) is 0 Å². The molecule has 0 bridgehead atoms. The molecular formula is C16H16BrFN2O3S. The molecule has 0 spiro atoms. The van der Waals surface area contributed by atoms with Crippen LogP contribution in [-0.4, -0.2) is 31.4 Å². The lowest BCUT2D eigenvalue weighted by molar-refractivity contribution is -0.116. The molecule has 2 rings (SSSR count). The number of nitrogens with one attached hydrogen (secondary N) is 1. The number of rotatable bonds is 6. The second-order valence-corrected chi connectivity index (χ2v) is 8.08. The molecule has 0 saturated heterocycles. The normalized spacial score (nSPS) is 11.5. The van der Waals surface area contributed by atoms with Gasteiger partial charge in [0.1, 0.15) is 5.82 Å². The van der Waals surface area contributed by atoms with E-state index in [0.717, 1.165) is 15.0 Å². The molecule has 0 atom stereocenters. The van der Waals surface area contributed by atoms with Crippen LogP contribution in [0.1, 0.15) is 5.56 Å². The maximum atomic E-state index is 13.7. The first-order chi connectivity index (χ1) is 11.3. The Balaban J connectivity index is 2.12. The Morgan fingerprint density at radius 2 is 1.92 bits per heavy atom. The molecule has 2 aromatic carbocycles. The van der Waals surface area contributed by atoms with Crippen LogP contribution in [0.3, 0.4) is 0 Å². The van der Waals surface area contributed by atoms with Gasteiger partial charge in [0.15, 0.2) is 0 Å². The van der Waals surface area contributed by atoms with Gasteiger partial charge >= 0.3 is 0 Å². The van der Waals surface area contributed by atoms with E-state index >= 15 is 0 Å². The van der Waals surface area contributed by atoms with Crippen molar-refractivity contribution in [2.24, 2.45) is 0 Å². The zero-order valence-electron chi connectivity index (χ0n) is 12.9. The lowest BCUT2D eigenvalue weighted by atomic mass is 10.2. The second kappa shape index (κ2) is 7.87. The van der Waals surface area contributed by atoms with Crippen LogP contribution in [0.5, 0.6) is 0 Å². The summed E-state index contributed by atoms with van der Waals surface area (Å²) in [4.78, 5) is 12.1. The zero-order chi connectivity index (χ0) is 17.7. The van der Waals surface area contributed by atoms with E-state index in [1.54, 1.807) is 30.3 Å². The predicted molar refractivity (Wildman–Crippen MR) is 94.4 cm³/mol. The molecule has 5 nitrogen and oxygen atoms in total. The Morgan fingerprint density at radius 3 is 2.54 bits per heavy atom. The second-order valence-electron chi connectivity index (χ2n) is 5.18. The number of anilines is 1. The number of nitrogens with zero attached hydrogens (tertiary/aromatic N) is 1. The molecule has 1 N–H and O–H groups in total. The highest BCUT2D eigenvalue weighted by atomic mass is 79.9. The summed E-state index contributed by atoms with van der Waals surface area (Å²) in [5.41, 5.74) is 0.742. The van der Waals surface area contributed by atoms with Crippen molar-refractivity contribution in [1.29, 1.82) is 0 Å². The highest BCUT2D eigenvalue weighted by Gasteiger charge is 2.21. The number of amides is 1. The van der Waals surface area contributed by atoms with E-state index in [-0.39, 0.29) is 12.1 Å². The number of sulfonamides is 1. The monoisotopic (exact) mass is 414 g/mol. The number of carbonyl (C=O) groups is 1. The maximum Gasteiger partial charge on any atom is 0.239 e. The van der Waals surface area contributed by atoms with Gasteiger partial charge in [-0.05, 0) is 24.3 Å². The van der Waals surface area contributed by atoms with Crippen LogP contribution in [0, 0.1) is 5.82 Å². The molecule has 0 heterocycles. The fourth-order valence-electron chi connectivity index (χ4n) is 2.03. The van der Waals surface area contributed by atoms with Crippen molar-refractivity contribution < 1.29 is 17.6 Å². The SMILES string of the molecule is CS(=O)(=O)N(CC(=O)Nc1cccc(Br)c1)Cc1ccccc1F. The van der Waals surface area contributed by atoms with Gasteiger partial charge in [-0.1, -0.05) is 40.2 Å². The smallest absolute Gasteiger partial charge is 0.239 e. The Kier molecular flexibility index (Phi) is 6.09. The van der Waals surface area contributed by atoms with Crippen LogP contribution < -0.4 is 5.32 Å². The van der Waals surface area contributed by atoms with Gasteiger partial charge in [0.25, 0.3) is 0 Å². The Labute approximate surface area is 148 Å². The van der Waals surface area contributed by atoms with E-state index in [2.05, 4.69) is 21.2 Å². The van der Waals surface area contributed by atoms with Crippen molar-refractivity contribution in [3.05, 3.63) is 64.4 Å². The van der Waals surface area contributed by atoms with Gasteiger partial charge in [-0.3, -0.25) is 4.79 Å². The van der Waals surface area contributed by atoms with Gasteiger partial charge in [-0.2, -0.15) is 4.31 Å². The first-order valence-corrected chi connectivity index (χ1v) is 9.64. The molecule has 0 aliphatic rings. The lowest BCUT2D eigenvalue weighted by Gasteiger charge is -2.20. The van der Waals surface area contributed by atoms with Gasteiger partial charge in [0.05, 0.1) is 12.8 Å². The maximum absolute atomic E-state index is 13.7. The quantitative estimate of drug-likeness (QED) is 0.789. The Morgan fingerprint density at radius 1 is 1.21 bits per heavy atom. The third kappa shape index (κ3) is 5.40. The summed E-state index contributed by atoms with van der Waals surface area (Å²) in [6.45, 7) is -0.614. The molecule has 0 saturated carbocycles. The lowest BCUT2D eigenvalue weighted by Crippen LogP contribution is -2.37.